The lowest BCUT2D eigenvalue weighted by Gasteiger charge is -1.63. The second-order valence-electron chi connectivity index (χ2n) is 0.358. The fraction of sp³-hybridized carbons (Fsp3) is 0. The summed E-state index contributed by atoms with van der Waals surface area (Å²) in [6, 6.07) is 0. The highest BCUT2D eigenvalue weighted by Gasteiger charge is 1.61. The van der Waals surface area contributed by atoms with Crippen LogP contribution >= 0.6 is 0 Å². The number of halogens is 2. The van der Waals surface area contributed by atoms with Gasteiger partial charge in [0.2, 0.25) is 12.2 Å². The summed E-state index contributed by atoms with van der Waals surface area (Å²) >= 11 is 0. The number of hydrogen-bond acceptors (Lipinski definition) is 2. The summed E-state index contributed by atoms with van der Waals surface area (Å²) in [6.45, 7) is 0. The van der Waals surface area contributed by atoms with Gasteiger partial charge in [0.15, 0.2) is 0 Å². The van der Waals surface area contributed by atoms with Crippen molar-refractivity contribution in [3.63, 3.8) is 0 Å². The van der Waals surface area contributed by atoms with Gasteiger partial charge in [0.1, 0.15) is 0 Å². The zero-order chi connectivity index (χ0) is 4.83. The predicted molar refractivity (Wildman–Crippen MR) is 12.2 cm³/mol. The van der Waals surface area contributed by atoms with Crippen molar-refractivity contribution in [3.05, 3.63) is 0 Å². The summed E-state index contributed by atoms with van der Waals surface area (Å²) in [7, 11) is 0. The Labute approximate surface area is 32.5 Å². The molecule has 0 fully saturated rings. The lowest BCUT2D eigenvalue weighted by molar-refractivity contribution is -0.0640. The van der Waals surface area contributed by atoms with Crippen LogP contribution in [0.3, 0.4) is 0 Å². The van der Waals surface area contributed by atoms with Crippen LogP contribution in [0.1, 0.15) is 0 Å². The van der Waals surface area contributed by atoms with Gasteiger partial charge < -0.3 is 0 Å². The van der Waals surface area contributed by atoms with E-state index in [0.29, 0.717) is 0 Å². The normalized spacial score (nSPS) is 5.00. The molecule has 0 saturated carbocycles. The third-order valence-electron chi connectivity index (χ3n) is 0.119. The standard InChI is InChI=1S/C2F2O2/c3-5-1-2-6-4. The second-order valence-corrected chi connectivity index (χ2v) is 0.358. The Bertz CT molecular complexity index is 63.4. The Balaban J connectivity index is 2.90. The van der Waals surface area contributed by atoms with E-state index in [1.807, 2.05) is 0 Å². The molecule has 2 nitrogen and oxygen atoms in total. The molecule has 4 heteroatoms. The van der Waals surface area contributed by atoms with Crippen molar-refractivity contribution in [2.75, 3.05) is 0 Å². The van der Waals surface area contributed by atoms with Gasteiger partial charge in [-0.1, -0.05) is 0 Å². The van der Waals surface area contributed by atoms with Crippen LogP contribution in [-0.2, 0) is 9.88 Å². The third kappa shape index (κ3) is 3.02. The minimum atomic E-state index is 1.18. The van der Waals surface area contributed by atoms with Crippen LogP contribution in [0.5, 0.6) is 0 Å². The highest BCUT2D eigenvalue weighted by Crippen LogP contribution is 1.66. The molecule has 6 heavy (non-hydrogen) atoms. The molecule has 0 aliphatic heterocycles. The largest absolute Gasteiger partial charge is 0.235 e. The molecular formula is C2F2O2. The van der Waals surface area contributed by atoms with Crippen LogP contribution in [0.15, 0.2) is 0 Å². The molecule has 0 aromatic rings. The van der Waals surface area contributed by atoms with Gasteiger partial charge in [0.25, 0.3) is 0 Å². The first kappa shape index (κ1) is 5.02. The molecule has 0 aromatic heterocycles. The fourth-order valence-electron chi connectivity index (χ4n) is 0.0315. The Kier molecular flexibility index (Phi) is 3.36. The van der Waals surface area contributed by atoms with Gasteiger partial charge in [-0.05, 0) is 0 Å². The van der Waals surface area contributed by atoms with Crippen LogP contribution in [0.25, 0.3) is 0 Å². The molecule has 0 amide bonds. The average molecular weight is 94.0 g/mol. The third-order valence-corrected chi connectivity index (χ3v) is 0.119. The van der Waals surface area contributed by atoms with E-state index in [1.165, 1.54) is 12.2 Å². The smallest absolute Gasteiger partial charge is 0.211 e. The van der Waals surface area contributed by atoms with Gasteiger partial charge in [-0.25, -0.2) is 9.88 Å². The van der Waals surface area contributed by atoms with Crippen molar-refractivity contribution in [1.82, 2.24) is 0 Å². The van der Waals surface area contributed by atoms with Crippen molar-refractivity contribution in [2.24, 2.45) is 0 Å². The van der Waals surface area contributed by atoms with E-state index in [4.69, 9.17) is 0 Å². The molecule has 0 saturated heterocycles. The first-order chi connectivity index (χ1) is 2.91. The maximum absolute atomic E-state index is 10.3. The SMILES string of the molecule is FOC#COF. The molecule has 0 aliphatic carbocycles. The molecule has 0 unspecified atom stereocenters. The topological polar surface area (TPSA) is 18.5 Å². The number of hydrogen-bond donors (Lipinski definition) is 0. The van der Waals surface area contributed by atoms with Gasteiger partial charge in [-0.2, -0.15) is 0 Å². The molecular weight excluding hydrogens is 94.0 g/mol. The molecule has 0 aliphatic rings. The van der Waals surface area contributed by atoms with Crippen LogP contribution in [-0.4, -0.2) is 0 Å². The maximum atomic E-state index is 10.3. The molecule has 0 spiro atoms. The van der Waals surface area contributed by atoms with Crippen LogP contribution in [0, 0.1) is 12.2 Å². The van der Waals surface area contributed by atoms with Gasteiger partial charge in [-0.3, -0.25) is 0 Å². The quantitative estimate of drug-likeness (QED) is 0.411. The first-order valence-corrected chi connectivity index (χ1v) is 0.967. The maximum Gasteiger partial charge on any atom is 0.211 e. The zero-order valence-electron chi connectivity index (χ0n) is 2.57. The second kappa shape index (κ2) is 4.02. The lowest BCUT2D eigenvalue weighted by Crippen LogP contribution is -1.57. The van der Waals surface area contributed by atoms with Crippen molar-refractivity contribution < 1.29 is 18.9 Å². The van der Waals surface area contributed by atoms with E-state index in [2.05, 4.69) is 9.88 Å². The molecule has 0 bridgehead atoms. The molecule has 0 radical (unpaired) electrons. The Morgan fingerprint density at radius 2 is 1.33 bits per heavy atom. The van der Waals surface area contributed by atoms with E-state index < -0.39 is 0 Å². The lowest BCUT2D eigenvalue weighted by atomic mass is 11.2. The summed E-state index contributed by atoms with van der Waals surface area (Å²) in [4.78, 5) is 5.11. The van der Waals surface area contributed by atoms with Crippen molar-refractivity contribution in [2.45, 2.75) is 0 Å². The van der Waals surface area contributed by atoms with Crippen molar-refractivity contribution in [3.8, 4) is 12.2 Å². The Morgan fingerprint density at radius 3 is 1.50 bits per heavy atom. The molecule has 34 valence electrons. The first-order valence-electron chi connectivity index (χ1n) is 0.967. The molecule has 0 atom stereocenters. The van der Waals surface area contributed by atoms with Gasteiger partial charge >= 0.3 is 0 Å². The van der Waals surface area contributed by atoms with Crippen LogP contribution < -0.4 is 0 Å². The van der Waals surface area contributed by atoms with E-state index in [1.54, 1.807) is 0 Å². The predicted octanol–water partition coefficient (Wildman–Crippen LogP) is 0.707. The molecule has 0 aromatic carbocycles. The van der Waals surface area contributed by atoms with Crippen molar-refractivity contribution in [1.29, 1.82) is 0 Å². The van der Waals surface area contributed by atoms with Gasteiger partial charge in [-0.15, -0.1) is 0 Å². The zero-order valence-corrected chi connectivity index (χ0v) is 2.57. The molecule has 0 N–H and O–H groups in total. The van der Waals surface area contributed by atoms with E-state index in [9.17, 15) is 9.05 Å². The summed E-state index contributed by atoms with van der Waals surface area (Å²) < 4.78 is 20.5. The van der Waals surface area contributed by atoms with E-state index in [0.717, 1.165) is 0 Å². The summed E-state index contributed by atoms with van der Waals surface area (Å²) in [6.07, 6.45) is 2.37. The minimum absolute atomic E-state index is 1.18. The van der Waals surface area contributed by atoms with E-state index >= 15 is 0 Å². The van der Waals surface area contributed by atoms with E-state index in [-0.39, 0.29) is 0 Å². The highest BCUT2D eigenvalue weighted by atomic mass is 19.3. The summed E-state index contributed by atoms with van der Waals surface area (Å²) in [5.41, 5.74) is 0. The van der Waals surface area contributed by atoms with Crippen LogP contribution in [0.4, 0.5) is 9.05 Å². The van der Waals surface area contributed by atoms with Gasteiger partial charge in [0.05, 0.1) is 0 Å². The average Bonchev–Trinajstić information content (AvgIpc) is 1.61. The minimum Gasteiger partial charge on any atom is -0.235 e. The fourth-order valence-corrected chi connectivity index (χ4v) is 0.0315. The van der Waals surface area contributed by atoms with Crippen LogP contribution in [0.2, 0.25) is 0 Å². The Morgan fingerprint density at radius 1 is 1.00 bits per heavy atom. The molecule has 0 rings (SSSR count). The molecule has 0 heterocycles. The number of rotatable bonds is 0. The summed E-state index contributed by atoms with van der Waals surface area (Å²) in [5.74, 6) is 0. The highest BCUT2D eigenvalue weighted by molar-refractivity contribution is 4.76. The van der Waals surface area contributed by atoms with Crippen molar-refractivity contribution >= 4 is 0 Å². The Hall–Kier alpha value is -0.980. The summed E-state index contributed by atoms with van der Waals surface area (Å²) in [5, 5.41) is 0. The monoisotopic (exact) mass is 94.0 g/mol. The van der Waals surface area contributed by atoms with Gasteiger partial charge in [0, 0.05) is 9.05 Å².